The number of nitrogens with one attached hydrogen (secondary N) is 2. The van der Waals surface area contributed by atoms with E-state index in [2.05, 4.69) is 10.6 Å². The number of amides is 2. The average molecular weight is 395 g/mol. The maximum Gasteiger partial charge on any atom is 0.313 e. The standard InChI is InChI=1S/C19H20Cl2N2O3/c1-4-26-17-8-5-11(2)9-14(17)12(3)22-18(24)19(25)23-16-7-6-13(20)10-15(16)21/h5-10,12H,4H2,1-3H3,(H,22,24)(H,23,25). The molecular formula is C19H20Cl2N2O3. The zero-order chi connectivity index (χ0) is 19.3. The van der Waals surface area contributed by atoms with Crippen LogP contribution in [0.5, 0.6) is 5.75 Å². The van der Waals surface area contributed by atoms with Crippen LogP contribution >= 0.6 is 23.2 Å². The summed E-state index contributed by atoms with van der Waals surface area (Å²) in [6, 6.07) is 9.89. The maximum absolute atomic E-state index is 12.2. The first-order valence-electron chi connectivity index (χ1n) is 8.12. The lowest BCUT2D eigenvalue weighted by atomic mass is 10.0. The van der Waals surface area contributed by atoms with Crippen LogP contribution in [0, 0.1) is 6.92 Å². The van der Waals surface area contributed by atoms with Crippen LogP contribution in [0.15, 0.2) is 36.4 Å². The molecular weight excluding hydrogens is 375 g/mol. The van der Waals surface area contributed by atoms with E-state index >= 15 is 0 Å². The van der Waals surface area contributed by atoms with Gasteiger partial charge in [-0.15, -0.1) is 0 Å². The van der Waals surface area contributed by atoms with Gasteiger partial charge >= 0.3 is 11.8 Å². The van der Waals surface area contributed by atoms with Crippen LogP contribution in [0.3, 0.4) is 0 Å². The van der Waals surface area contributed by atoms with Gasteiger partial charge in [0.25, 0.3) is 0 Å². The molecule has 5 nitrogen and oxygen atoms in total. The van der Waals surface area contributed by atoms with Gasteiger partial charge in [0.05, 0.1) is 23.4 Å². The van der Waals surface area contributed by atoms with Crippen LogP contribution in [-0.2, 0) is 9.59 Å². The smallest absolute Gasteiger partial charge is 0.313 e. The van der Waals surface area contributed by atoms with Crippen LogP contribution in [0.2, 0.25) is 10.0 Å². The van der Waals surface area contributed by atoms with Crippen molar-refractivity contribution in [3.05, 3.63) is 57.6 Å². The highest BCUT2D eigenvalue weighted by Gasteiger charge is 2.20. The number of anilines is 1. The van der Waals surface area contributed by atoms with E-state index in [-0.39, 0.29) is 5.02 Å². The van der Waals surface area contributed by atoms with Crippen molar-refractivity contribution >= 4 is 40.7 Å². The monoisotopic (exact) mass is 394 g/mol. The van der Waals surface area contributed by atoms with Crippen LogP contribution in [-0.4, -0.2) is 18.4 Å². The van der Waals surface area contributed by atoms with Gasteiger partial charge in [0.2, 0.25) is 0 Å². The quantitative estimate of drug-likeness (QED) is 0.732. The molecule has 2 N–H and O–H groups in total. The van der Waals surface area contributed by atoms with E-state index in [1.165, 1.54) is 12.1 Å². The number of hydrogen-bond acceptors (Lipinski definition) is 3. The summed E-state index contributed by atoms with van der Waals surface area (Å²) in [5.74, 6) is -0.911. The van der Waals surface area contributed by atoms with E-state index in [1.54, 1.807) is 13.0 Å². The summed E-state index contributed by atoms with van der Waals surface area (Å²) >= 11 is 11.8. The fraction of sp³-hybridized carbons (Fsp3) is 0.263. The lowest BCUT2D eigenvalue weighted by Gasteiger charge is -2.18. The normalized spacial score (nSPS) is 11.6. The summed E-state index contributed by atoms with van der Waals surface area (Å²) in [6.07, 6.45) is 0. The zero-order valence-corrected chi connectivity index (χ0v) is 16.2. The van der Waals surface area contributed by atoms with Crippen molar-refractivity contribution in [3.63, 3.8) is 0 Å². The molecule has 26 heavy (non-hydrogen) atoms. The van der Waals surface area contributed by atoms with Crippen molar-refractivity contribution in [2.45, 2.75) is 26.8 Å². The first-order chi connectivity index (χ1) is 12.3. The molecule has 0 radical (unpaired) electrons. The van der Waals surface area contributed by atoms with E-state index in [4.69, 9.17) is 27.9 Å². The molecule has 1 unspecified atom stereocenters. The molecule has 0 saturated heterocycles. The van der Waals surface area contributed by atoms with Crippen LogP contribution in [0.4, 0.5) is 5.69 Å². The van der Waals surface area contributed by atoms with Gasteiger partial charge < -0.3 is 15.4 Å². The third kappa shape index (κ3) is 5.13. The Labute approximate surface area is 162 Å². The number of carbonyl (C=O) groups excluding carboxylic acids is 2. The maximum atomic E-state index is 12.2. The molecule has 7 heteroatoms. The molecule has 0 aliphatic heterocycles. The molecule has 0 aliphatic carbocycles. The molecule has 2 amide bonds. The Morgan fingerprint density at radius 2 is 1.85 bits per heavy atom. The molecule has 0 spiro atoms. The number of ether oxygens (including phenoxy) is 1. The first kappa shape index (κ1) is 20.1. The van der Waals surface area contributed by atoms with Gasteiger partial charge in [0.15, 0.2) is 0 Å². The van der Waals surface area contributed by atoms with Crippen LogP contribution < -0.4 is 15.4 Å². The van der Waals surface area contributed by atoms with E-state index in [9.17, 15) is 9.59 Å². The van der Waals surface area contributed by atoms with E-state index in [1.807, 2.05) is 32.0 Å². The van der Waals surface area contributed by atoms with Gasteiger partial charge in [0.1, 0.15) is 5.75 Å². The second-order valence-corrected chi connectivity index (χ2v) is 6.59. The lowest BCUT2D eigenvalue weighted by molar-refractivity contribution is -0.136. The third-order valence-electron chi connectivity index (χ3n) is 3.66. The van der Waals surface area contributed by atoms with E-state index in [0.29, 0.717) is 23.1 Å². The summed E-state index contributed by atoms with van der Waals surface area (Å²) in [6.45, 7) is 6.13. The Balaban J connectivity index is 2.09. The summed E-state index contributed by atoms with van der Waals surface area (Å²) in [5.41, 5.74) is 2.15. The van der Waals surface area contributed by atoms with Crippen molar-refractivity contribution in [3.8, 4) is 5.75 Å². The van der Waals surface area contributed by atoms with Crippen molar-refractivity contribution in [1.82, 2.24) is 5.32 Å². The number of halogens is 2. The highest BCUT2D eigenvalue weighted by atomic mass is 35.5. The van der Waals surface area contributed by atoms with Crippen molar-refractivity contribution in [2.75, 3.05) is 11.9 Å². The predicted octanol–water partition coefficient (Wildman–Crippen LogP) is 4.52. The van der Waals surface area contributed by atoms with Gasteiger partial charge in [0, 0.05) is 10.6 Å². The fourth-order valence-electron chi connectivity index (χ4n) is 2.40. The minimum Gasteiger partial charge on any atom is -0.494 e. The predicted molar refractivity (Wildman–Crippen MR) is 104 cm³/mol. The van der Waals surface area contributed by atoms with E-state index in [0.717, 1.165) is 11.1 Å². The molecule has 2 aromatic rings. The highest BCUT2D eigenvalue weighted by Crippen LogP contribution is 2.27. The van der Waals surface area contributed by atoms with Gasteiger partial charge in [-0.2, -0.15) is 0 Å². The minimum atomic E-state index is -0.813. The van der Waals surface area contributed by atoms with Crippen LogP contribution in [0.1, 0.15) is 31.0 Å². The topological polar surface area (TPSA) is 67.4 Å². The minimum absolute atomic E-state index is 0.254. The van der Waals surface area contributed by atoms with Gasteiger partial charge in [-0.05, 0) is 45.0 Å². The second-order valence-electron chi connectivity index (χ2n) is 5.75. The Morgan fingerprint density at radius 3 is 2.50 bits per heavy atom. The summed E-state index contributed by atoms with van der Waals surface area (Å²) in [4.78, 5) is 24.4. The SMILES string of the molecule is CCOc1ccc(C)cc1C(C)NC(=O)C(=O)Nc1ccc(Cl)cc1Cl. The largest absolute Gasteiger partial charge is 0.494 e. The second kappa shape index (κ2) is 8.92. The zero-order valence-electron chi connectivity index (χ0n) is 14.7. The van der Waals surface area contributed by atoms with Crippen molar-refractivity contribution in [2.24, 2.45) is 0 Å². The summed E-state index contributed by atoms with van der Waals surface area (Å²) in [5, 5.41) is 5.84. The lowest BCUT2D eigenvalue weighted by Crippen LogP contribution is -2.37. The number of carbonyl (C=O) groups is 2. The molecule has 1 atom stereocenters. The summed E-state index contributed by atoms with van der Waals surface area (Å²) < 4.78 is 5.60. The molecule has 0 bridgehead atoms. The van der Waals surface area contributed by atoms with Gasteiger partial charge in [-0.3, -0.25) is 9.59 Å². The van der Waals surface area contributed by atoms with Crippen molar-refractivity contribution < 1.29 is 14.3 Å². The fourth-order valence-corrected chi connectivity index (χ4v) is 2.86. The Morgan fingerprint density at radius 1 is 1.12 bits per heavy atom. The molecule has 2 rings (SSSR count). The average Bonchev–Trinajstić information content (AvgIpc) is 2.58. The first-order valence-corrected chi connectivity index (χ1v) is 8.87. The Hall–Kier alpha value is -2.24. The van der Waals surface area contributed by atoms with Crippen LogP contribution in [0.25, 0.3) is 0 Å². The third-order valence-corrected chi connectivity index (χ3v) is 4.21. The van der Waals surface area contributed by atoms with Gasteiger partial charge in [-0.25, -0.2) is 0 Å². The summed E-state index contributed by atoms with van der Waals surface area (Å²) in [7, 11) is 0. The number of rotatable bonds is 5. The number of aryl methyl sites for hydroxylation is 1. The molecule has 0 aliphatic rings. The molecule has 0 aromatic heterocycles. The molecule has 2 aromatic carbocycles. The Kier molecular flexibility index (Phi) is 6.89. The highest BCUT2D eigenvalue weighted by molar-refractivity contribution is 6.42. The molecule has 0 heterocycles. The number of benzene rings is 2. The molecule has 0 fully saturated rings. The molecule has 0 saturated carbocycles. The van der Waals surface area contributed by atoms with E-state index < -0.39 is 17.9 Å². The van der Waals surface area contributed by atoms with Gasteiger partial charge in [-0.1, -0.05) is 40.9 Å². The number of hydrogen-bond donors (Lipinski definition) is 2. The Bertz CT molecular complexity index is 824. The van der Waals surface area contributed by atoms with Crippen molar-refractivity contribution in [1.29, 1.82) is 0 Å². The molecule has 138 valence electrons.